The lowest BCUT2D eigenvalue weighted by Gasteiger charge is -2.01. The van der Waals surface area contributed by atoms with Gasteiger partial charge in [0.25, 0.3) is 0 Å². The summed E-state index contributed by atoms with van der Waals surface area (Å²) in [5.41, 5.74) is 0. The molecule has 0 aliphatic carbocycles. The summed E-state index contributed by atoms with van der Waals surface area (Å²) in [5.74, 6) is -0.198. The number of hydrogen-bond donors (Lipinski definition) is 0. The molecule has 0 fully saturated rings. The molecule has 11 heavy (non-hydrogen) atoms. The summed E-state index contributed by atoms with van der Waals surface area (Å²) in [6.07, 6.45) is -1.83. The largest absolute Gasteiger partial charge is 0.478 e. The van der Waals surface area contributed by atoms with E-state index in [-0.39, 0.29) is 5.88 Å². The normalized spacial score (nSPS) is 22.8. The minimum atomic E-state index is -3.16. The van der Waals surface area contributed by atoms with Gasteiger partial charge in [-0.25, -0.2) is 4.98 Å². The van der Waals surface area contributed by atoms with Crippen LogP contribution in [0.3, 0.4) is 0 Å². The Morgan fingerprint density at radius 2 is 2.73 bits per heavy atom. The van der Waals surface area contributed by atoms with Gasteiger partial charge in [0, 0.05) is 23.6 Å². The lowest BCUT2D eigenvalue weighted by molar-refractivity contribution is 0.305. The monoisotopic (exact) mass is 222 g/mol. The third kappa shape index (κ3) is 2.89. The molecule has 1 heterocycles. The van der Waals surface area contributed by atoms with E-state index in [4.69, 9.17) is 14.3 Å². The van der Waals surface area contributed by atoms with Crippen molar-refractivity contribution in [3.63, 3.8) is 0 Å². The third-order valence-electron chi connectivity index (χ3n) is 0.907. The first kappa shape index (κ1) is 3.05. The van der Waals surface area contributed by atoms with Crippen LogP contribution in [0.1, 0.15) is 22.8 Å². The molecular formula is C8H10BrNO. The zero-order valence-corrected chi connectivity index (χ0v) is 7.05. The van der Waals surface area contributed by atoms with Gasteiger partial charge in [0.1, 0.15) is 0 Å². The first-order valence-corrected chi connectivity index (χ1v) is 3.57. The number of ether oxygens (including phenoxy) is 1. The van der Waals surface area contributed by atoms with E-state index in [1.54, 1.807) is 0 Å². The average molecular weight is 223 g/mol. The summed E-state index contributed by atoms with van der Waals surface area (Å²) in [5, 5.41) is 0. The van der Waals surface area contributed by atoms with Crippen molar-refractivity contribution in [1.82, 2.24) is 4.98 Å². The van der Waals surface area contributed by atoms with E-state index in [1.165, 1.54) is 18.3 Å². The second kappa shape index (κ2) is 4.34. The van der Waals surface area contributed by atoms with Crippen LogP contribution in [0.2, 0.25) is 0 Å². The van der Waals surface area contributed by atoms with E-state index in [0.29, 0.717) is 4.47 Å². The van der Waals surface area contributed by atoms with E-state index in [1.807, 2.05) is 0 Å². The van der Waals surface area contributed by atoms with Gasteiger partial charge < -0.3 is 4.74 Å². The second-order valence-electron chi connectivity index (χ2n) is 1.64. The predicted octanol–water partition coefficient (Wildman–Crippen LogP) is 2.63. The molecule has 0 spiro atoms. The van der Waals surface area contributed by atoms with Crippen LogP contribution in [0.4, 0.5) is 0 Å². The van der Waals surface area contributed by atoms with Crippen molar-refractivity contribution in [2.75, 3.05) is 6.56 Å². The fraction of sp³-hybridized carbons (Fsp3) is 0.375. The molecule has 1 aromatic rings. The van der Waals surface area contributed by atoms with E-state index < -0.39 is 19.8 Å². The van der Waals surface area contributed by atoms with Crippen LogP contribution in [0, 0.1) is 0 Å². The molecule has 2 nitrogen and oxygen atoms in total. The van der Waals surface area contributed by atoms with Gasteiger partial charge in [-0.15, -0.1) is 0 Å². The molecule has 0 saturated heterocycles. The Morgan fingerprint density at radius 1 is 1.82 bits per heavy atom. The van der Waals surface area contributed by atoms with Crippen molar-refractivity contribution < 1.29 is 14.3 Å². The van der Waals surface area contributed by atoms with Gasteiger partial charge in [-0.1, -0.05) is 6.85 Å². The van der Waals surface area contributed by atoms with Crippen molar-refractivity contribution in [3.8, 4) is 5.88 Å². The van der Waals surface area contributed by atoms with Gasteiger partial charge in [-0.2, -0.15) is 0 Å². The molecule has 0 N–H and O–H groups in total. The zero-order valence-electron chi connectivity index (χ0n) is 12.5. The molecular weight excluding hydrogens is 206 g/mol. The molecule has 0 bridgehead atoms. The Hall–Kier alpha value is -0.570. The Kier molecular flexibility index (Phi) is 1.20. The quantitative estimate of drug-likeness (QED) is 0.785. The lowest BCUT2D eigenvalue weighted by Crippen LogP contribution is -1.96. The molecule has 0 aliphatic heterocycles. The summed E-state index contributed by atoms with van der Waals surface area (Å²) < 4.78 is 55.9. The highest BCUT2D eigenvalue weighted by molar-refractivity contribution is 9.10. The minimum Gasteiger partial charge on any atom is -0.478 e. The Morgan fingerprint density at radius 3 is 3.36 bits per heavy atom. The molecule has 0 atom stereocenters. The molecule has 1 aromatic heterocycles. The molecule has 60 valence electrons. The fourth-order valence-electron chi connectivity index (χ4n) is 0.500. The smallest absolute Gasteiger partial charge is 0.213 e. The van der Waals surface area contributed by atoms with Gasteiger partial charge in [-0.05, 0) is 28.4 Å². The highest BCUT2D eigenvalue weighted by Crippen LogP contribution is 2.11. The maximum Gasteiger partial charge on any atom is 0.213 e. The van der Waals surface area contributed by atoms with Gasteiger partial charge in [0.2, 0.25) is 5.88 Å². The van der Waals surface area contributed by atoms with E-state index in [2.05, 4.69) is 20.9 Å². The Labute approximate surface area is 84.6 Å². The summed E-state index contributed by atoms with van der Waals surface area (Å²) >= 11 is 3.12. The first-order chi connectivity index (χ1) is 7.97. The van der Waals surface area contributed by atoms with Crippen LogP contribution in [-0.4, -0.2) is 11.5 Å². The minimum absolute atomic E-state index is 0.198. The van der Waals surface area contributed by atoms with Crippen LogP contribution >= 0.6 is 15.9 Å². The maximum atomic E-state index is 7.43. The first-order valence-electron chi connectivity index (χ1n) is 6.28. The van der Waals surface area contributed by atoms with Gasteiger partial charge >= 0.3 is 0 Å². The lowest BCUT2D eigenvalue weighted by atomic mass is 10.5. The van der Waals surface area contributed by atoms with Gasteiger partial charge in [-0.3, -0.25) is 0 Å². The summed E-state index contributed by atoms with van der Waals surface area (Å²) in [4.78, 5) is 3.70. The van der Waals surface area contributed by atoms with E-state index in [9.17, 15) is 0 Å². The van der Waals surface area contributed by atoms with Crippen molar-refractivity contribution in [1.29, 1.82) is 0 Å². The molecule has 0 aliphatic rings. The predicted molar refractivity (Wildman–Crippen MR) is 47.7 cm³/mol. The fourth-order valence-corrected chi connectivity index (χ4v) is 0.735. The van der Waals surface area contributed by atoms with Crippen LogP contribution < -0.4 is 4.74 Å². The summed E-state index contributed by atoms with van der Waals surface area (Å²) in [7, 11) is 0. The van der Waals surface area contributed by atoms with Crippen LogP contribution in [0.25, 0.3) is 0 Å². The number of halogens is 1. The van der Waals surface area contributed by atoms with Gasteiger partial charge in [0.15, 0.2) is 0 Å². The molecule has 3 heteroatoms. The van der Waals surface area contributed by atoms with E-state index >= 15 is 0 Å². The summed E-state index contributed by atoms with van der Waals surface area (Å²) in [6.45, 7) is -6.18. The highest BCUT2D eigenvalue weighted by atomic mass is 79.9. The molecule has 0 saturated carbocycles. The van der Waals surface area contributed by atoms with Crippen molar-refractivity contribution in [2.45, 2.75) is 13.2 Å². The van der Waals surface area contributed by atoms with Crippen LogP contribution in [0.15, 0.2) is 22.8 Å². The number of pyridine rings is 1. The topological polar surface area (TPSA) is 22.1 Å². The number of aromatic nitrogens is 1. The average Bonchev–Trinajstić information content (AvgIpc) is 2.19. The molecule has 0 radical (unpaired) electrons. The SMILES string of the molecule is [2H]C([2H])([2H])C([2H])([2H])C([2H])([2H])Oc1ccc(Br)cn1. The maximum absolute atomic E-state index is 7.43. The molecule has 0 unspecified atom stereocenters. The number of hydrogen-bond acceptors (Lipinski definition) is 2. The molecule has 0 aromatic carbocycles. The second-order valence-corrected chi connectivity index (χ2v) is 2.56. The standard InChI is InChI=1S/C8H10BrNO/c1-2-5-11-8-4-3-7(9)6-10-8/h3-4,6H,2,5H2,1H3/i1D3,2D2,5D2. The molecule has 1 rings (SSSR count). The van der Waals surface area contributed by atoms with Crippen molar-refractivity contribution >= 4 is 15.9 Å². The van der Waals surface area contributed by atoms with Crippen molar-refractivity contribution in [3.05, 3.63) is 22.8 Å². The van der Waals surface area contributed by atoms with Gasteiger partial charge in [0.05, 0.1) is 9.30 Å². The zero-order chi connectivity index (χ0) is 14.2. The molecule has 0 amide bonds. The van der Waals surface area contributed by atoms with E-state index in [0.717, 1.165) is 0 Å². The Balaban J connectivity index is 2.97. The van der Waals surface area contributed by atoms with Crippen molar-refractivity contribution in [2.24, 2.45) is 0 Å². The highest BCUT2D eigenvalue weighted by Gasteiger charge is 1.92. The third-order valence-corrected chi connectivity index (χ3v) is 1.38. The number of nitrogens with zero attached hydrogens (tertiary/aromatic N) is 1. The Bertz CT molecular complexity index is 416. The van der Waals surface area contributed by atoms with Crippen LogP contribution in [-0.2, 0) is 0 Å². The number of rotatable bonds is 3. The summed E-state index contributed by atoms with van der Waals surface area (Å²) in [6, 6.07) is 2.82. The van der Waals surface area contributed by atoms with Crippen LogP contribution in [0.5, 0.6) is 5.88 Å².